The van der Waals surface area contributed by atoms with Gasteiger partial charge in [0.1, 0.15) is 6.34 Å². The number of nitrogens with zero attached hydrogens (tertiary/aromatic N) is 2. The van der Waals surface area contributed by atoms with Crippen LogP contribution < -0.4 is 11.2 Å². The molecule has 0 aromatic rings. The largest absolute Gasteiger partial charge is 0.402 e. The van der Waals surface area contributed by atoms with Gasteiger partial charge in [0.15, 0.2) is 0 Å². The first-order valence-electron chi connectivity index (χ1n) is 6.28. The highest BCUT2D eigenvalue weighted by Gasteiger charge is 2.03. The molecular weight excluding hydrogens is 240 g/mol. The molecule has 0 aliphatic heterocycles. The summed E-state index contributed by atoms with van der Waals surface area (Å²) in [7, 11) is 3.66. The zero-order chi connectivity index (χ0) is 14.7. The maximum atomic E-state index is 11.9. The van der Waals surface area contributed by atoms with Crippen LogP contribution in [0.2, 0.25) is 0 Å². The van der Waals surface area contributed by atoms with Crippen molar-refractivity contribution in [2.75, 3.05) is 14.1 Å². The zero-order valence-electron chi connectivity index (χ0n) is 12.2. The molecule has 0 unspecified atom stereocenters. The molecule has 0 aliphatic rings. The molecule has 5 nitrogen and oxygen atoms in total. The number of nitrogens with one attached hydrogen (secondary N) is 1. The molecule has 0 saturated heterocycles. The normalized spacial score (nSPS) is 13.3. The van der Waals surface area contributed by atoms with E-state index in [1.54, 1.807) is 30.1 Å². The summed E-state index contributed by atoms with van der Waals surface area (Å²) >= 11 is 0. The SMILES string of the molecule is CCC/C=C(/C=C\C=C(/C)N)C(=O)N/N=C/N(C)C. The van der Waals surface area contributed by atoms with Gasteiger partial charge in [-0.1, -0.05) is 25.5 Å². The van der Waals surface area contributed by atoms with Crippen LogP contribution >= 0.6 is 0 Å². The summed E-state index contributed by atoms with van der Waals surface area (Å²) in [5, 5.41) is 3.83. The Kier molecular flexibility index (Phi) is 8.87. The molecule has 0 aromatic carbocycles. The van der Waals surface area contributed by atoms with Crippen molar-refractivity contribution >= 4 is 12.2 Å². The minimum absolute atomic E-state index is 0.231. The highest BCUT2D eigenvalue weighted by molar-refractivity contribution is 5.96. The lowest BCUT2D eigenvalue weighted by atomic mass is 10.1. The molecule has 106 valence electrons. The molecular formula is C14H24N4O. The lowest BCUT2D eigenvalue weighted by Gasteiger charge is -2.04. The third kappa shape index (κ3) is 9.64. The van der Waals surface area contributed by atoms with Gasteiger partial charge in [0.05, 0.1) is 0 Å². The highest BCUT2D eigenvalue weighted by Crippen LogP contribution is 2.02. The summed E-state index contributed by atoms with van der Waals surface area (Å²) < 4.78 is 0. The average Bonchev–Trinajstić information content (AvgIpc) is 2.32. The lowest BCUT2D eigenvalue weighted by molar-refractivity contribution is -0.117. The number of hydrazone groups is 1. The molecule has 0 saturated carbocycles. The van der Waals surface area contributed by atoms with Gasteiger partial charge in [-0.3, -0.25) is 4.79 Å². The lowest BCUT2D eigenvalue weighted by Crippen LogP contribution is -2.21. The molecule has 0 spiro atoms. The van der Waals surface area contributed by atoms with Crippen LogP contribution in [0.3, 0.4) is 0 Å². The fourth-order valence-corrected chi connectivity index (χ4v) is 1.11. The molecule has 1 amide bonds. The number of amides is 1. The summed E-state index contributed by atoms with van der Waals surface area (Å²) in [4.78, 5) is 13.6. The summed E-state index contributed by atoms with van der Waals surface area (Å²) in [5.41, 5.74) is 9.28. The number of unbranched alkanes of at least 4 members (excludes halogenated alkanes) is 1. The molecule has 0 aliphatic carbocycles. The second-order valence-electron chi connectivity index (χ2n) is 4.37. The number of carbonyl (C=O) groups excluding carboxylic acids is 1. The second-order valence-corrected chi connectivity index (χ2v) is 4.37. The fourth-order valence-electron chi connectivity index (χ4n) is 1.11. The molecule has 0 radical (unpaired) electrons. The average molecular weight is 264 g/mol. The van der Waals surface area contributed by atoms with Gasteiger partial charge in [-0.05, 0) is 25.5 Å². The van der Waals surface area contributed by atoms with E-state index in [2.05, 4.69) is 17.5 Å². The van der Waals surface area contributed by atoms with Crippen LogP contribution in [0.1, 0.15) is 26.7 Å². The van der Waals surface area contributed by atoms with Crippen molar-refractivity contribution in [1.82, 2.24) is 10.3 Å². The molecule has 0 heterocycles. The summed E-state index contributed by atoms with van der Waals surface area (Å²) in [6.07, 6.45) is 10.5. The van der Waals surface area contributed by atoms with Crippen molar-refractivity contribution in [3.8, 4) is 0 Å². The Labute approximate surface area is 115 Å². The van der Waals surface area contributed by atoms with E-state index >= 15 is 0 Å². The predicted octanol–water partition coefficient (Wildman–Crippen LogP) is 1.75. The quantitative estimate of drug-likeness (QED) is 0.242. The van der Waals surface area contributed by atoms with Crippen molar-refractivity contribution in [3.05, 3.63) is 35.6 Å². The van der Waals surface area contributed by atoms with Gasteiger partial charge in [-0.25, -0.2) is 5.43 Å². The third-order valence-corrected chi connectivity index (χ3v) is 2.00. The van der Waals surface area contributed by atoms with Gasteiger partial charge in [0.2, 0.25) is 0 Å². The van der Waals surface area contributed by atoms with E-state index in [-0.39, 0.29) is 5.91 Å². The first-order chi connectivity index (χ1) is 8.97. The monoisotopic (exact) mass is 264 g/mol. The molecule has 0 rings (SSSR count). The number of hydrogen-bond donors (Lipinski definition) is 2. The van der Waals surface area contributed by atoms with Gasteiger partial charge in [-0.15, -0.1) is 0 Å². The summed E-state index contributed by atoms with van der Waals surface area (Å²) in [5.74, 6) is -0.231. The van der Waals surface area contributed by atoms with Gasteiger partial charge in [0, 0.05) is 25.4 Å². The van der Waals surface area contributed by atoms with E-state index < -0.39 is 0 Å². The summed E-state index contributed by atoms with van der Waals surface area (Å²) in [6.45, 7) is 3.85. The van der Waals surface area contributed by atoms with Crippen LogP contribution in [0.15, 0.2) is 40.7 Å². The van der Waals surface area contributed by atoms with E-state index in [1.165, 1.54) is 6.34 Å². The smallest absolute Gasteiger partial charge is 0.271 e. The van der Waals surface area contributed by atoms with Crippen LogP contribution in [0.5, 0.6) is 0 Å². The van der Waals surface area contributed by atoms with Gasteiger partial charge in [-0.2, -0.15) is 5.10 Å². The third-order valence-electron chi connectivity index (χ3n) is 2.00. The van der Waals surface area contributed by atoms with Crippen LogP contribution in [-0.2, 0) is 4.79 Å². The Hall–Kier alpha value is -2.04. The number of carbonyl (C=O) groups is 1. The predicted molar refractivity (Wildman–Crippen MR) is 80.4 cm³/mol. The van der Waals surface area contributed by atoms with E-state index in [4.69, 9.17) is 5.73 Å². The van der Waals surface area contributed by atoms with E-state index in [9.17, 15) is 4.79 Å². The van der Waals surface area contributed by atoms with Gasteiger partial charge >= 0.3 is 0 Å². The number of hydrogen-bond acceptors (Lipinski definition) is 3. The first-order valence-corrected chi connectivity index (χ1v) is 6.28. The Morgan fingerprint density at radius 1 is 1.42 bits per heavy atom. The Balaban J connectivity index is 4.71. The van der Waals surface area contributed by atoms with E-state index in [0.717, 1.165) is 12.8 Å². The van der Waals surface area contributed by atoms with Gasteiger partial charge in [0.25, 0.3) is 5.91 Å². The fraction of sp³-hybridized carbons (Fsp3) is 0.429. The van der Waals surface area contributed by atoms with Crippen LogP contribution in [0, 0.1) is 0 Å². The molecule has 19 heavy (non-hydrogen) atoms. The van der Waals surface area contributed by atoms with Crippen molar-refractivity contribution < 1.29 is 4.79 Å². The molecule has 0 bridgehead atoms. The maximum Gasteiger partial charge on any atom is 0.271 e. The topological polar surface area (TPSA) is 70.7 Å². The standard InChI is InChI=1S/C14H24N4O/c1-5-6-9-13(10-7-8-12(2)15)14(19)17-16-11-18(3)4/h7-11H,5-6,15H2,1-4H3,(H,17,19)/b10-7-,12-8+,13-9-,16-11+. The summed E-state index contributed by atoms with van der Waals surface area (Å²) in [6, 6.07) is 0. The zero-order valence-corrected chi connectivity index (χ0v) is 12.2. The minimum atomic E-state index is -0.231. The molecule has 0 aromatic heterocycles. The second kappa shape index (κ2) is 9.94. The minimum Gasteiger partial charge on any atom is -0.402 e. The number of allylic oxidation sites excluding steroid dienone is 4. The van der Waals surface area contributed by atoms with Crippen LogP contribution in [-0.4, -0.2) is 31.2 Å². The Bertz CT molecular complexity index is 388. The molecule has 0 fully saturated rings. The van der Waals surface area contributed by atoms with Crippen molar-refractivity contribution in [2.45, 2.75) is 26.7 Å². The van der Waals surface area contributed by atoms with Crippen LogP contribution in [0.4, 0.5) is 0 Å². The van der Waals surface area contributed by atoms with E-state index in [0.29, 0.717) is 11.3 Å². The molecule has 5 heteroatoms. The Morgan fingerprint density at radius 2 is 2.11 bits per heavy atom. The molecule has 3 N–H and O–H groups in total. The first kappa shape index (κ1) is 17.0. The highest BCUT2D eigenvalue weighted by atomic mass is 16.2. The maximum absolute atomic E-state index is 11.9. The Morgan fingerprint density at radius 3 is 2.63 bits per heavy atom. The van der Waals surface area contributed by atoms with Crippen molar-refractivity contribution in [2.24, 2.45) is 10.8 Å². The van der Waals surface area contributed by atoms with Crippen molar-refractivity contribution in [3.63, 3.8) is 0 Å². The molecule has 0 atom stereocenters. The van der Waals surface area contributed by atoms with Crippen LogP contribution in [0.25, 0.3) is 0 Å². The van der Waals surface area contributed by atoms with Gasteiger partial charge < -0.3 is 10.6 Å². The number of nitrogens with two attached hydrogens (primary N) is 1. The number of rotatable bonds is 7. The van der Waals surface area contributed by atoms with Crippen molar-refractivity contribution in [1.29, 1.82) is 0 Å². The van der Waals surface area contributed by atoms with E-state index in [1.807, 2.05) is 20.2 Å².